The second kappa shape index (κ2) is 10.3. The highest BCUT2D eigenvalue weighted by Crippen LogP contribution is 2.32. The molecule has 0 spiro atoms. The van der Waals surface area contributed by atoms with Gasteiger partial charge in [-0.05, 0) is 60.9 Å². The maximum absolute atomic E-state index is 13.5. The number of sulfonamides is 1. The van der Waals surface area contributed by atoms with E-state index in [9.17, 15) is 21.6 Å². The Morgan fingerprint density at radius 2 is 1.58 bits per heavy atom. The molecule has 1 saturated heterocycles. The normalized spacial score (nSPS) is 16.9. The Kier molecular flexibility index (Phi) is 7.56. The SMILES string of the molecule is CCN(C1CCCN(c2ccc(-c3ccccc3S(C)(=O)=O)cc2)C1=O)S(=O)(=O)c1ccc(Cl)cc1. The number of carbonyl (C=O) groups excluding carboxylic acids is 1. The number of hydrogen-bond acceptors (Lipinski definition) is 5. The Morgan fingerprint density at radius 1 is 0.944 bits per heavy atom. The van der Waals surface area contributed by atoms with Crippen LogP contribution < -0.4 is 4.90 Å². The van der Waals surface area contributed by atoms with E-state index in [1.165, 1.54) is 34.8 Å². The second-order valence-electron chi connectivity index (χ2n) is 8.63. The van der Waals surface area contributed by atoms with Crippen molar-refractivity contribution in [2.45, 2.75) is 35.6 Å². The van der Waals surface area contributed by atoms with Gasteiger partial charge in [-0.2, -0.15) is 4.31 Å². The minimum atomic E-state index is -3.90. The van der Waals surface area contributed by atoms with E-state index in [4.69, 9.17) is 11.6 Å². The molecule has 190 valence electrons. The monoisotopic (exact) mass is 546 g/mol. The van der Waals surface area contributed by atoms with E-state index in [0.717, 1.165) is 0 Å². The fourth-order valence-electron chi connectivity index (χ4n) is 4.53. The van der Waals surface area contributed by atoms with E-state index >= 15 is 0 Å². The fourth-order valence-corrected chi connectivity index (χ4v) is 7.19. The lowest BCUT2D eigenvalue weighted by molar-refractivity contribution is -0.123. The van der Waals surface area contributed by atoms with E-state index in [2.05, 4.69) is 0 Å². The first-order chi connectivity index (χ1) is 17.0. The van der Waals surface area contributed by atoms with Gasteiger partial charge >= 0.3 is 0 Å². The first-order valence-corrected chi connectivity index (χ1v) is 15.2. The molecule has 0 N–H and O–H groups in total. The molecule has 0 aromatic heterocycles. The van der Waals surface area contributed by atoms with Crippen molar-refractivity contribution in [3.8, 4) is 11.1 Å². The second-order valence-corrected chi connectivity index (χ2v) is 12.9. The zero-order valence-electron chi connectivity index (χ0n) is 20.0. The number of benzene rings is 3. The van der Waals surface area contributed by atoms with Gasteiger partial charge in [-0.1, -0.05) is 48.9 Å². The summed E-state index contributed by atoms with van der Waals surface area (Å²) >= 11 is 5.92. The molecule has 1 heterocycles. The van der Waals surface area contributed by atoms with Crippen molar-refractivity contribution in [3.63, 3.8) is 0 Å². The molecule has 0 bridgehead atoms. The number of rotatable bonds is 7. The molecule has 1 aliphatic heterocycles. The Hall–Kier alpha value is -2.72. The lowest BCUT2D eigenvalue weighted by Crippen LogP contribution is -2.54. The van der Waals surface area contributed by atoms with Gasteiger partial charge in [0.25, 0.3) is 0 Å². The van der Waals surface area contributed by atoms with Gasteiger partial charge in [0.2, 0.25) is 15.9 Å². The molecule has 0 radical (unpaired) electrons. The minimum Gasteiger partial charge on any atom is -0.311 e. The highest BCUT2D eigenvalue weighted by Gasteiger charge is 2.39. The third kappa shape index (κ3) is 5.20. The number of hydrogen-bond donors (Lipinski definition) is 0. The van der Waals surface area contributed by atoms with Crippen LogP contribution in [0.25, 0.3) is 11.1 Å². The first-order valence-electron chi connectivity index (χ1n) is 11.5. The smallest absolute Gasteiger partial charge is 0.245 e. The maximum atomic E-state index is 13.5. The van der Waals surface area contributed by atoms with Crippen molar-refractivity contribution in [1.82, 2.24) is 4.31 Å². The van der Waals surface area contributed by atoms with Crippen LogP contribution in [0.3, 0.4) is 0 Å². The van der Waals surface area contributed by atoms with Gasteiger partial charge in [-0.15, -0.1) is 0 Å². The molecule has 1 fully saturated rings. The van der Waals surface area contributed by atoms with Crippen molar-refractivity contribution in [2.75, 3.05) is 24.2 Å². The van der Waals surface area contributed by atoms with Crippen LogP contribution in [-0.4, -0.2) is 52.4 Å². The summed E-state index contributed by atoms with van der Waals surface area (Å²) in [6.45, 7) is 2.33. The molecule has 4 rings (SSSR count). The molecule has 3 aromatic carbocycles. The van der Waals surface area contributed by atoms with Crippen molar-refractivity contribution in [1.29, 1.82) is 0 Å². The number of likely N-dealkylation sites (N-methyl/N-ethyl adjacent to an activating group) is 1. The Balaban J connectivity index is 1.62. The van der Waals surface area contributed by atoms with Gasteiger partial charge in [0.1, 0.15) is 6.04 Å². The van der Waals surface area contributed by atoms with Crippen LogP contribution in [0.2, 0.25) is 5.02 Å². The molecule has 7 nitrogen and oxygen atoms in total. The standard InChI is InChI=1S/C26H27ClN2O5S2/c1-3-29(36(33,34)22-16-12-20(27)13-17-22)24-8-6-18-28(26(24)30)21-14-10-19(11-15-21)23-7-4-5-9-25(23)35(2,31)32/h4-5,7,9-17,24H,3,6,8,18H2,1-2H3. The van der Waals surface area contributed by atoms with Gasteiger partial charge in [0, 0.05) is 35.6 Å². The molecular formula is C26H27ClN2O5S2. The summed E-state index contributed by atoms with van der Waals surface area (Å²) in [6, 6.07) is 18.9. The molecule has 1 aliphatic rings. The number of anilines is 1. The number of nitrogens with zero attached hydrogens (tertiary/aromatic N) is 2. The van der Waals surface area contributed by atoms with Gasteiger partial charge < -0.3 is 4.90 Å². The van der Waals surface area contributed by atoms with Crippen LogP contribution in [0, 0.1) is 0 Å². The number of halogens is 1. The first kappa shape index (κ1) is 26.3. The molecule has 0 saturated carbocycles. The Labute approximate surface area is 217 Å². The maximum Gasteiger partial charge on any atom is 0.245 e. The number of piperidine rings is 1. The predicted molar refractivity (Wildman–Crippen MR) is 141 cm³/mol. The molecule has 1 amide bonds. The quantitative estimate of drug-likeness (QED) is 0.431. The van der Waals surface area contributed by atoms with Crippen LogP contribution >= 0.6 is 11.6 Å². The zero-order valence-corrected chi connectivity index (χ0v) is 22.4. The van der Waals surface area contributed by atoms with E-state index in [1.807, 2.05) is 0 Å². The third-order valence-electron chi connectivity index (χ3n) is 6.27. The molecule has 0 aliphatic carbocycles. The summed E-state index contributed by atoms with van der Waals surface area (Å²) in [5.74, 6) is -0.287. The zero-order chi connectivity index (χ0) is 26.1. The molecule has 1 unspecified atom stereocenters. The van der Waals surface area contributed by atoms with E-state index < -0.39 is 25.9 Å². The summed E-state index contributed by atoms with van der Waals surface area (Å²) in [5, 5.41) is 0.430. The predicted octanol–water partition coefficient (Wildman–Crippen LogP) is 4.62. The molecule has 1 atom stereocenters. The summed E-state index contributed by atoms with van der Waals surface area (Å²) < 4.78 is 52.3. The number of carbonyl (C=O) groups is 1. The van der Waals surface area contributed by atoms with Crippen molar-refractivity contribution in [2.24, 2.45) is 0 Å². The third-order valence-corrected chi connectivity index (χ3v) is 9.67. The average Bonchev–Trinajstić information content (AvgIpc) is 2.85. The topological polar surface area (TPSA) is 91.8 Å². The molecular weight excluding hydrogens is 520 g/mol. The van der Waals surface area contributed by atoms with Crippen molar-refractivity contribution in [3.05, 3.63) is 77.8 Å². The highest BCUT2D eigenvalue weighted by atomic mass is 35.5. The van der Waals surface area contributed by atoms with Crippen LogP contribution in [0.15, 0.2) is 82.6 Å². The number of amides is 1. The van der Waals surface area contributed by atoms with E-state index in [-0.39, 0.29) is 22.2 Å². The lowest BCUT2D eigenvalue weighted by Gasteiger charge is -2.37. The van der Waals surface area contributed by atoms with Crippen molar-refractivity contribution >= 4 is 43.1 Å². The molecule has 3 aromatic rings. The summed E-state index contributed by atoms with van der Waals surface area (Å²) in [7, 11) is -7.31. The Morgan fingerprint density at radius 3 is 2.19 bits per heavy atom. The highest BCUT2D eigenvalue weighted by molar-refractivity contribution is 7.90. The largest absolute Gasteiger partial charge is 0.311 e. The summed E-state index contributed by atoms with van der Waals surface area (Å²) in [6.07, 6.45) is 2.24. The van der Waals surface area contributed by atoms with Gasteiger partial charge in [-0.3, -0.25) is 4.79 Å². The van der Waals surface area contributed by atoms with Crippen LogP contribution in [0.4, 0.5) is 5.69 Å². The van der Waals surface area contributed by atoms with Gasteiger partial charge in [0.05, 0.1) is 9.79 Å². The van der Waals surface area contributed by atoms with Gasteiger partial charge in [0.15, 0.2) is 9.84 Å². The fraction of sp³-hybridized carbons (Fsp3) is 0.269. The lowest BCUT2D eigenvalue weighted by atomic mass is 10.0. The van der Waals surface area contributed by atoms with Crippen LogP contribution in [-0.2, 0) is 24.7 Å². The summed E-state index contributed by atoms with van der Waals surface area (Å²) in [4.78, 5) is 15.4. The van der Waals surface area contributed by atoms with Crippen LogP contribution in [0.1, 0.15) is 19.8 Å². The average molecular weight is 547 g/mol. The van der Waals surface area contributed by atoms with E-state index in [0.29, 0.717) is 41.2 Å². The molecule has 10 heteroatoms. The van der Waals surface area contributed by atoms with E-state index in [1.54, 1.807) is 60.4 Å². The van der Waals surface area contributed by atoms with Crippen LogP contribution in [0.5, 0.6) is 0 Å². The summed E-state index contributed by atoms with van der Waals surface area (Å²) in [5.41, 5.74) is 1.92. The Bertz CT molecular complexity index is 1470. The van der Waals surface area contributed by atoms with Crippen molar-refractivity contribution < 1.29 is 21.6 Å². The molecule has 36 heavy (non-hydrogen) atoms. The minimum absolute atomic E-state index is 0.0903. The van der Waals surface area contributed by atoms with Gasteiger partial charge in [-0.25, -0.2) is 16.8 Å². The number of sulfone groups is 1.